The second-order valence-corrected chi connectivity index (χ2v) is 5.35. The van der Waals surface area contributed by atoms with Crippen LogP contribution in [-0.4, -0.2) is 46.5 Å². The summed E-state index contributed by atoms with van der Waals surface area (Å²) in [5, 5.41) is 10.8. The summed E-state index contributed by atoms with van der Waals surface area (Å²) in [5.41, 5.74) is 0. The molecule has 2 rings (SSSR count). The smallest absolute Gasteiger partial charge is 0.320 e. The van der Waals surface area contributed by atoms with Gasteiger partial charge in [0.15, 0.2) is 0 Å². The second kappa shape index (κ2) is 5.39. The zero-order valence-corrected chi connectivity index (χ0v) is 11.0. The summed E-state index contributed by atoms with van der Waals surface area (Å²) in [6.07, 6.45) is 0. The first-order valence-corrected chi connectivity index (χ1v) is 6.78. The molecule has 0 aromatic carbocycles. The molecule has 0 radical (unpaired) electrons. The van der Waals surface area contributed by atoms with Crippen LogP contribution in [0.4, 0.5) is 4.79 Å². The molecule has 6 heteroatoms. The van der Waals surface area contributed by atoms with Crippen molar-refractivity contribution in [3.05, 3.63) is 22.4 Å². The standard InChI is InChI=1S/C12H16N2O3S/c1-2-13(8-10-4-3-5-18-10)12(17)14-6-9(7-14)11(15)16/h3-5,9H,2,6-8H2,1H3,(H,15,16). The highest BCUT2D eigenvalue weighted by Gasteiger charge is 2.37. The Labute approximate surface area is 110 Å². The van der Waals surface area contributed by atoms with Crippen molar-refractivity contribution in [3.63, 3.8) is 0 Å². The van der Waals surface area contributed by atoms with Crippen molar-refractivity contribution < 1.29 is 14.7 Å². The number of amides is 2. The van der Waals surface area contributed by atoms with E-state index >= 15 is 0 Å². The molecule has 1 N–H and O–H groups in total. The summed E-state index contributed by atoms with van der Waals surface area (Å²) in [7, 11) is 0. The van der Waals surface area contributed by atoms with Crippen LogP contribution < -0.4 is 0 Å². The van der Waals surface area contributed by atoms with Gasteiger partial charge >= 0.3 is 12.0 Å². The molecular weight excluding hydrogens is 252 g/mol. The third kappa shape index (κ3) is 2.64. The van der Waals surface area contributed by atoms with Crippen molar-refractivity contribution in [2.75, 3.05) is 19.6 Å². The molecule has 0 aliphatic carbocycles. The highest BCUT2D eigenvalue weighted by atomic mass is 32.1. The highest BCUT2D eigenvalue weighted by Crippen LogP contribution is 2.19. The van der Waals surface area contributed by atoms with E-state index in [0.29, 0.717) is 26.2 Å². The molecule has 1 aliphatic heterocycles. The molecule has 0 atom stereocenters. The Morgan fingerprint density at radius 3 is 2.78 bits per heavy atom. The first-order chi connectivity index (χ1) is 8.61. The van der Waals surface area contributed by atoms with Crippen molar-refractivity contribution in [3.8, 4) is 0 Å². The number of carboxylic acid groups (broad SMARTS) is 1. The van der Waals surface area contributed by atoms with Gasteiger partial charge in [-0.15, -0.1) is 11.3 Å². The van der Waals surface area contributed by atoms with Crippen LogP contribution in [0.3, 0.4) is 0 Å². The maximum Gasteiger partial charge on any atom is 0.320 e. The van der Waals surface area contributed by atoms with Gasteiger partial charge in [0.1, 0.15) is 0 Å². The molecule has 1 aromatic heterocycles. The van der Waals surface area contributed by atoms with Gasteiger partial charge < -0.3 is 14.9 Å². The minimum atomic E-state index is -0.819. The van der Waals surface area contributed by atoms with Gasteiger partial charge in [0.05, 0.1) is 12.5 Å². The molecule has 0 spiro atoms. The van der Waals surface area contributed by atoms with E-state index in [1.165, 1.54) is 0 Å². The van der Waals surface area contributed by atoms with Crippen LogP contribution in [0.15, 0.2) is 17.5 Å². The summed E-state index contributed by atoms with van der Waals surface area (Å²) in [4.78, 5) is 27.3. The lowest BCUT2D eigenvalue weighted by Gasteiger charge is -2.39. The predicted molar refractivity (Wildman–Crippen MR) is 68.5 cm³/mol. The summed E-state index contributed by atoms with van der Waals surface area (Å²) in [5.74, 6) is -1.21. The highest BCUT2D eigenvalue weighted by molar-refractivity contribution is 7.09. The Balaban J connectivity index is 1.89. The normalized spacial score (nSPS) is 15.3. The van der Waals surface area contributed by atoms with Gasteiger partial charge in [-0.2, -0.15) is 0 Å². The molecule has 98 valence electrons. The first kappa shape index (κ1) is 12.9. The third-order valence-corrected chi connectivity index (χ3v) is 3.94. The van der Waals surface area contributed by atoms with Crippen molar-refractivity contribution in [1.29, 1.82) is 0 Å². The minimum Gasteiger partial charge on any atom is -0.481 e. The predicted octanol–water partition coefficient (Wildman–Crippen LogP) is 1.71. The van der Waals surface area contributed by atoms with Crippen LogP contribution in [0, 0.1) is 5.92 Å². The van der Waals surface area contributed by atoms with Gasteiger partial charge in [0, 0.05) is 24.5 Å². The number of urea groups is 1. The Kier molecular flexibility index (Phi) is 3.86. The molecule has 0 saturated carbocycles. The van der Waals surface area contributed by atoms with Crippen molar-refractivity contribution in [2.24, 2.45) is 5.92 Å². The molecular formula is C12H16N2O3S. The largest absolute Gasteiger partial charge is 0.481 e. The van der Waals surface area contributed by atoms with Gasteiger partial charge in [-0.1, -0.05) is 6.07 Å². The Morgan fingerprint density at radius 1 is 1.56 bits per heavy atom. The molecule has 0 unspecified atom stereocenters. The van der Waals surface area contributed by atoms with E-state index < -0.39 is 11.9 Å². The van der Waals surface area contributed by atoms with E-state index in [0.717, 1.165) is 4.88 Å². The number of likely N-dealkylation sites (tertiary alicyclic amines) is 1. The zero-order valence-electron chi connectivity index (χ0n) is 10.2. The molecule has 2 amide bonds. The van der Waals surface area contributed by atoms with Crippen LogP contribution >= 0.6 is 11.3 Å². The maximum atomic E-state index is 12.1. The molecule has 1 saturated heterocycles. The summed E-state index contributed by atoms with van der Waals surface area (Å²) < 4.78 is 0. The number of nitrogens with zero attached hydrogens (tertiary/aromatic N) is 2. The van der Waals surface area contributed by atoms with E-state index in [4.69, 9.17) is 5.11 Å². The summed E-state index contributed by atoms with van der Waals surface area (Å²) in [6.45, 7) is 3.82. The Morgan fingerprint density at radius 2 is 2.28 bits per heavy atom. The lowest BCUT2D eigenvalue weighted by atomic mass is 10.0. The number of carbonyl (C=O) groups excluding carboxylic acids is 1. The van der Waals surface area contributed by atoms with Gasteiger partial charge in [-0.25, -0.2) is 4.79 Å². The van der Waals surface area contributed by atoms with Crippen molar-refractivity contribution >= 4 is 23.3 Å². The number of aliphatic carboxylic acids is 1. The number of carbonyl (C=O) groups is 2. The average molecular weight is 268 g/mol. The van der Waals surface area contributed by atoms with Gasteiger partial charge in [-0.05, 0) is 18.4 Å². The number of hydrogen-bond donors (Lipinski definition) is 1. The summed E-state index contributed by atoms with van der Waals surface area (Å²) in [6, 6.07) is 3.89. The average Bonchev–Trinajstić information content (AvgIpc) is 2.75. The molecule has 1 aromatic rings. The fourth-order valence-corrected chi connectivity index (χ4v) is 2.62. The second-order valence-electron chi connectivity index (χ2n) is 4.32. The van der Waals surface area contributed by atoms with Crippen LogP contribution in [-0.2, 0) is 11.3 Å². The first-order valence-electron chi connectivity index (χ1n) is 5.90. The Bertz CT molecular complexity index is 427. The van der Waals surface area contributed by atoms with Gasteiger partial charge in [-0.3, -0.25) is 4.79 Å². The fraction of sp³-hybridized carbons (Fsp3) is 0.500. The van der Waals surface area contributed by atoms with Gasteiger partial charge in [0.25, 0.3) is 0 Å². The van der Waals surface area contributed by atoms with E-state index in [1.54, 1.807) is 21.1 Å². The lowest BCUT2D eigenvalue weighted by Crippen LogP contribution is -2.56. The van der Waals surface area contributed by atoms with Crippen LogP contribution in [0.25, 0.3) is 0 Å². The molecule has 5 nitrogen and oxygen atoms in total. The molecule has 2 heterocycles. The van der Waals surface area contributed by atoms with Crippen LogP contribution in [0.5, 0.6) is 0 Å². The maximum absolute atomic E-state index is 12.1. The topological polar surface area (TPSA) is 60.9 Å². The number of hydrogen-bond acceptors (Lipinski definition) is 3. The number of thiophene rings is 1. The van der Waals surface area contributed by atoms with Crippen LogP contribution in [0.1, 0.15) is 11.8 Å². The monoisotopic (exact) mass is 268 g/mol. The number of rotatable bonds is 4. The summed E-state index contributed by atoms with van der Waals surface area (Å²) >= 11 is 1.62. The quantitative estimate of drug-likeness (QED) is 0.904. The SMILES string of the molecule is CCN(Cc1cccs1)C(=O)N1CC(C(=O)O)C1. The zero-order chi connectivity index (χ0) is 13.1. The molecule has 1 fully saturated rings. The Hall–Kier alpha value is -1.56. The lowest BCUT2D eigenvalue weighted by molar-refractivity contribution is -0.146. The van der Waals surface area contributed by atoms with E-state index in [2.05, 4.69) is 0 Å². The molecule has 0 bridgehead atoms. The van der Waals surface area contributed by atoms with Crippen molar-refractivity contribution in [1.82, 2.24) is 9.80 Å². The van der Waals surface area contributed by atoms with Gasteiger partial charge in [0.2, 0.25) is 0 Å². The fourth-order valence-electron chi connectivity index (χ4n) is 1.90. The van der Waals surface area contributed by atoms with Crippen molar-refractivity contribution in [2.45, 2.75) is 13.5 Å². The minimum absolute atomic E-state index is 0.0663. The van der Waals surface area contributed by atoms with E-state index in [9.17, 15) is 9.59 Å². The molecule has 1 aliphatic rings. The molecule has 18 heavy (non-hydrogen) atoms. The van der Waals surface area contributed by atoms with E-state index in [-0.39, 0.29) is 6.03 Å². The van der Waals surface area contributed by atoms with Crippen LogP contribution in [0.2, 0.25) is 0 Å². The number of carboxylic acids is 1. The van der Waals surface area contributed by atoms with E-state index in [1.807, 2.05) is 24.4 Å². The third-order valence-electron chi connectivity index (χ3n) is 3.08.